The third-order valence-electron chi connectivity index (χ3n) is 3.55. The van der Waals surface area contributed by atoms with Gasteiger partial charge in [-0.3, -0.25) is 0 Å². The van der Waals surface area contributed by atoms with Crippen LogP contribution in [0.1, 0.15) is 0 Å². The molecule has 0 aromatic carbocycles. The Bertz CT molecular complexity index is 818. The smallest absolute Gasteiger partial charge is 0.294 e. The van der Waals surface area contributed by atoms with Gasteiger partial charge in [0.25, 0.3) is 11.4 Å². The van der Waals surface area contributed by atoms with Crippen LogP contribution in [0.25, 0.3) is 11.4 Å². The van der Waals surface area contributed by atoms with Gasteiger partial charge in [0.05, 0.1) is 0 Å². The van der Waals surface area contributed by atoms with Crippen LogP contribution in [0, 0.1) is 0 Å². The van der Waals surface area contributed by atoms with Crippen molar-refractivity contribution in [2.45, 2.75) is 0 Å². The highest BCUT2D eigenvalue weighted by atomic mass is 35.5. The predicted molar refractivity (Wildman–Crippen MR) is 99.0 cm³/mol. The van der Waals surface area contributed by atoms with Gasteiger partial charge >= 0.3 is 0 Å². The van der Waals surface area contributed by atoms with Crippen LogP contribution >= 0.6 is 46.4 Å². The number of aromatic nitrogens is 2. The molecule has 0 spiro atoms. The minimum absolute atomic E-state index is 0. The number of pyridine rings is 2. The summed E-state index contributed by atoms with van der Waals surface area (Å²) in [5, 5.41) is 0. The van der Waals surface area contributed by atoms with E-state index in [1.165, 1.54) is 0 Å². The van der Waals surface area contributed by atoms with E-state index in [-0.39, 0.29) is 33.8 Å². The number of rotatable bonds is 2. The van der Waals surface area contributed by atoms with Crippen LogP contribution in [0.3, 0.4) is 0 Å². The van der Waals surface area contributed by atoms with Crippen molar-refractivity contribution in [1.82, 2.24) is 0 Å². The van der Waals surface area contributed by atoms with E-state index in [4.69, 9.17) is 57.9 Å². The fraction of sp³-hybridized carbons (Fsp3) is 0. The maximum Gasteiger partial charge on any atom is 0.294 e. The molecular weight excluding hydrogens is 461 g/mol. The molecule has 0 unspecified atom stereocenters. The molecule has 2 aromatic heterocycles. The molecule has 138 valence electrons. The van der Waals surface area contributed by atoms with Crippen LogP contribution in [-0.4, -0.2) is 0 Å². The molecule has 0 amide bonds. The maximum absolute atomic E-state index is 6.06. The maximum atomic E-state index is 6.06. The van der Waals surface area contributed by atoms with Crippen molar-refractivity contribution in [3.05, 3.63) is 69.2 Å². The Morgan fingerprint density at radius 1 is 0.615 bits per heavy atom. The van der Waals surface area contributed by atoms with Gasteiger partial charge in [-0.2, -0.15) is 9.13 Å². The zero-order valence-corrected chi connectivity index (χ0v) is 17.5. The highest BCUT2D eigenvalue weighted by molar-refractivity contribution is 6.60. The van der Waals surface area contributed by atoms with Crippen LogP contribution in [-0.2, 0) is 0 Å². The molecule has 1 aliphatic carbocycles. The SMILES string of the molecule is Nc1cc[n+](C2=C([n+]3ccc(N)cc3)C(=C(Cl)Cl)C2=C(Cl)Cl)cc1.[Cl-].[Cl-]. The standard InChI is InChI=1S/C16H10Cl4N4.2ClH/c17-15(18)11-12(16(19)20)14(24-7-3-10(22)4-8-24)13(11)23-5-1-9(21)2-6-23;;/h1-8,21-22H;2*1H. The number of nitrogen functional groups attached to an aromatic ring is 2. The molecule has 2 heterocycles. The number of hydrogen-bond acceptors (Lipinski definition) is 2. The summed E-state index contributed by atoms with van der Waals surface area (Å²) in [4.78, 5) is 0. The van der Waals surface area contributed by atoms with E-state index in [0.29, 0.717) is 22.5 Å². The molecular formula is C16H12Cl6N4. The number of nitrogens with zero attached hydrogens (tertiary/aromatic N) is 2. The number of nitrogens with two attached hydrogens (primary N) is 2. The van der Waals surface area contributed by atoms with Gasteiger partial charge in [0.1, 0.15) is 20.1 Å². The van der Waals surface area contributed by atoms with Gasteiger partial charge in [-0.15, -0.1) is 0 Å². The first-order valence-corrected chi connectivity index (χ1v) is 8.31. The molecule has 0 fully saturated rings. The second kappa shape index (κ2) is 9.18. The lowest BCUT2D eigenvalue weighted by molar-refractivity contribution is -0.611. The number of halogens is 6. The second-order valence-corrected chi connectivity index (χ2v) is 6.94. The second-order valence-electron chi connectivity index (χ2n) is 5.05. The van der Waals surface area contributed by atoms with Crippen molar-refractivity contribution in [3.8, 4) is 0 Å². The summed E-state index contributed by atoms with van der Waals surface area (Å²) in [5.74, 6) is 0. The summed E-state index contributed by atoms with van der Waals surface area (Å²) in [6, 6.07) is 7.06. The van der Waals surface area contributed by atoms with Gasteiger partial charge < -0.3 is 36.3 Å². The highest BCUT2D eigenvalue weighted by Gasteiger charge is 2.48. The zero-order chi connectivity index (χ0) is 17.4. The van der Waals surface area contributed by atoms with Crippen molar-refractivity contribution < 1.29 is 33.9 Å². The molecule has 0 aliphatic heterocycles. The lowest BCUT2D eigenvalue weighted by atomic mass is 9.88. The van der Waals surface area contributed by atoms with Crippen molar-refractivity contribution in [1.29, 1.82) is 0 Å². The third kappa shape index (κ3) is 4.22. The summed E-state index contributed by atoms with van der Waals surface area (Å²) in [7, 11) is 0. The normalized spacial score (nSPS) is 12.8. The summed E-state index contributed by atoms with van der Waals surface area (Å²) < 4.78 is 3.83. The number of hydrogen-bond donors (Lipinski definition) is 2. The molecule has 10 heteroatoms. The average Bonchev–Trinajstić information content (AvgIpc) is 2.49. The van der Waals surface area contributed by atoms with Crippen LogP contribution in [0.2, 0.25) is 0 Å². The molecule has 0 bridgehead atoms. The van der Waals surface area contributed by atoms with Crippen molar-refractivity contribution in [3.63, 3.8) is 0 Å². The molecule has 26 heavy (non-hydrogen) atoms. The zero-order valence-electron chi connectivity index (χ0n) is 12.9. The molecule has 0 saturated carbocycles. The Labute approximate surface area is 183 Å². The summed E-state index contributed by atoms with van der Waals surface area (Å²) in [5.41, 5.74) is 15.4. The van der Waals surface area contributed by atoms with Gasteiger partial charge in [-0.05, 0) is 0 Å². The molecule has 4 N–H and O–H groups in total. The largest absolute Gasteiger partial charge is 1.00 e. The highest BCUT2D eigenvalue weighted by Crippen LogP contribution is 2.47. The van der Waals surface area contributed by atoms with Crippen LogP contribution < -0.4 is 45.4 Å². The molecule has 0 saturated heterocycles. The lowest BCUT2D eigenvalue weighted by Gasteiger charge is -2.21. The van der Waals surface area contributed by atoms with Crippen molar-refractivity contribution in [2.75, 3.05) is 11.5 Å². The monoisotopic (exact) mass is 470 g/mol. The van der Waals surface area contributed by atoms with Crippen LogP contribution in [0.4, 0.5) is 11.4 Å². The summed E-state index contributed by atoms with van der Waals surface area (Å²) in [6.45, 7) is 0. The fourth-order valence-electron chi connectivity index (χ4n) is 2.46. The molecule has 1 aliphatic rings. The topological polar surface area (TPSA) is 59.8 Å². The Hall–Kier alpha value is -1.14. The fourth-order valence-corrected chi connectivity index (χ4v) is 3.19. The minimum atomic E-state index is 0. The quantitative estimate of drug-likeness (QED) is 0.481. The first-order chi connectivity index (χ1) is 11.4. The van der Waals surface area contributed by atoms with Gasteiger partial charge in [0.15, 0.2) is 24.8 Å². The molecule has 3 rings (SSSR count). The Kier molecular flexibility index (Phi) is 8.08. The first kappa shape index (κ1) is 22.9. The summed E-state index contributed by atoms with van der Waals surface area (Å²) >= 11 is 24.3. The first-order valence-electron chi connectivity index (χ1n) is 6.80. The summed E-state index contributed by atoms with van der Waals surface area (Å²) in [6.07, 6.45) is 7.21. The van der Waals surface area contributed by atoms with E-state index >= 15 is 0 Å². The van der Waals surface area contributed by atoms with E-state index < -0.39 is 0 Å². The Morgan fingerprint density at radius 2 is 0.885 bits per heavy atom. The van der Waals surface area contributed by atoms with E-state index in [1.54, 1.807) is 49.1 Å². The predicted octanol–water partition coefficient (Wildman–Crippen LogP) is -2.35. The van der Waals surface area contributed by atoms with Crippen molar-refractivity contribution >= 4 is 69.2 Å². The molecule has 4 nitrogen and oxygen atoms in total. The Balaban J connectivity index is 0.00000169. The molecule has 0 atom stereocenters. The number of anilines is 2. The van der Waals surface area contributed by atoms with Gasteiger partial charge in [0.2, 0.25) is 0 Å². The van der Waals surface area contributed by atoms with E-state index in [0.717, 1.165) is 11.4 Å². The average molecular weight is 473 g/mol. The van der Waals surface area contributed by atoms with E-state index in [2.05, 4.69) is 0 Å². The third-order valence-corrected chi connectivity index (χ3v) is 4.31. The van der Waals surface area contributed by atoms with Gasteiger partial charge in [0, 0.05) is 35.6 Å². The minimum Gasteiger partial charge on any atom is -1.00 e. The Morgan fingerprint density at radius 3 is 1.12 bits per heavy atom. The number of allylic oxidation sites excluding steroid dienone is 4. The van der Waals surface area contributed by atoms with Crippen LogP contribution in [0.15, 0.2) is 69.2 Å². The van der Waals surface area contributed by atoms with Crippen LogP contribution in [0.5, 0.6) is 0 Å². The molecule has 2 aromatic rings. The van der Waals surface area contributed by atoms with Gasteiger partial charge in [-0.25, -0.2) is 0 Å². The lowest BCUT2D eigenvalue weighted by Crippen LogP contribution is -3.00. The van der Waals surface area contributed by atoms with E-state index in [1.807, 2.05) is 9.13 Å². The van der Waals surface area contributed by atoms with Crippen molar-refractivity contribution in [2.24, 2.45) is 0 Å². The molecule has 0 radical (unpaired) electrons. The van der Waals surface area contributed by atoms with E-state index in [9.17, 15) is 0 Å². The van der Waals surface area contributed by atoms with Gasteiger partial charge in [-0.1, -0.05) is 46.4 Å².